The Morgan fingerprint density at radius 2 is 1.86 bits per heavy atom. The molecule has 1 atom stereocenters. The van der Waals surface area contributed by atoms with Gasteiger partial charge in [0.25, 0.3) is 5.91 Å². The number of imide groups is 1. The highest BCUT2D eigenvalue weighted by Crippen LogP contribution is 2.46. The number of benzene rings is 2. The Morgan fingerprint density at radius 3 is 2.62 bits per heavy atom. The maximum absolute atomic E-state index is 13.7. The van der Waals surface area contributed by atoms with Gasteiger partial charge in [-0.1, -0.05) is 12.1 Å². The number of methoxy groups -OCH3 is 2. The Morgan fingerprint density at radius 1 is 1.07 bits per heavy atom. The molecule has 2 aromatic carbocycles. The molecule has 148 valence electrons. The summed E-state index contributed by atoms with van der Waals surface area (Å²) >= 11 is 0. The van der Waals surface area contributed by atoms with Crippen LogP contribution in [0.3, 0.4) is 0 Å². The average molecular weight is 391 g/mol. The van der Waals surface area contributed by atoms with Crippen LogP contribution in [0.4, 0.5) is 10.5 Å². The number of H-pyrrole nitrogens is 1. The second-order valence-electron chi connectivity index (χ2n) is 7.46. The van der Waals surface area contributed by atoms with E-state index in [1.807, 2.05) is 31.2 Å². The van der Waals surface area contributed by atoms with Gasteiger partial charge in [0.1, 0.15) is 11.5 Å². The summed E-state index contributed by atoms with van der Waals surface area (Å²) in [6.45, 7) is 2.27. The molecule has 7 heteroatoms. The summed E-state index contributed by atoms with van der Waals surface area (Å²) < 4.78 is 10.8. The Hall–Kier alpha value is -3.48. The molecule has 3 heterocycles. The van der Waals surface area contributed by atoms with Crippen molar-refractivity contribution in [3.8, 4) is 11.5 Å². The van der Waals surface area contributed by atoms with Crippen LogP contribution in [-0.4, -0.2) is 42.6 Å². The van der Waals surface area contributed by atoms with Crippen molar-refractivity contribution in [3.05, 3.63) is 53.7 Å². The van der Waals surface area contributed by atoms with Crippen LogP contribution in [0.15, 0.2) is 42.5 Å². The lowest BCUT2D eigenvalue weighted by molar-refractivity contribution is -0.125. The van der Waals surface area contributed by atoms with Gasteiger partial charge >= 0.3 is 6.03 Å². The summed E-state index contributed by atoms with van der Waals surface area (Å²) in [5.74, 6) is 0.960. The highest BCUT2D eigenvalue weighted by atomic mass is 16.5. The fraction of sp³-hybridized carbons (Fsp3) is 0.273. The van der Waals surface area contributed by atoms with Crippen molar-refractivity contribution in [2.45, 2.75) is 18.9 Å². The molecular weight excluding hydrogens is 370 g/mol. The molecule has 1 saturated heterocycles. The van der Waals surface area contributed by atoms with Crippen molar-refractivity contribution in [3.63, 3.8) is 0 Å². The standard InChI is InChI=1S/C22H21N3O4/c1-22-19-14(15-12-13(28-2)8-9-16(15)23-19)10-11-24(22)21(27)25(20(22)26)17-6-4-5-7-18(17)29-3/h4-9,12,23H,10-11H2,1-3H3. The molecular formula is C22H21N3O4. The summed E-state index contributed by atoms with van der Waals surface area (Å²) in [5.41, 5.74) is 2.11. The van der Waals surface area contributed by atoms with Gasteiger partial charge in [0.2, 0.25) is 0 Å². The van der Waals surface area contributed by atoms with Crippen LogP contribution < -0.4 is 14.4 Å². The number of urea groups is 1. The first kappa shape index (κ1) is 17.6. The third-order valence-corrected chi connectivity index (χ3v) is 6.09. The third kappa shape index (κ3) is 2.18. The molecule has 1 N–H and O–H groups in total. The number of hydrogen-bond acceptors (Lipinski definition) is 4. The highest BCUT2D eigenvalue weighted by molar-refractivity contribution is 6.24. The first-order valence-corrected chi connectivity index (χ1v) is 9.49. The molecule has 2 aliphatic heterocycles. The number of carbonyl (C=O) groups is 2. The minimum Gasteiger partial charge on any atom is -0.497 e. The number of rotatable bonds is 3. The smallest absolute Gasteiger partial charge is 0.332 e. The predicted octanol–water partition coefficient (Wildman–Crippen LogP) is 3.43. The molecule has 3 amide bonds. The quantitative estimate of drug-likeness (QED) is 0.694. The molecule has 0 spiro atoms. The molecule has 0 aliphatic carbocycles. The minimum absolute atomic E-state index is 0.286. The first-order valence-electron chi connectivity index (χ1n) is 9.49. The lowest BCUT2D eigenvalue weighted by Crippen LogP contribution is -2.49. The normalized spacial score (nSPS) is 20.8. The number of nitrogens with zero attached hydrogens (tertiary/aromatic N) is 2. The van der Waals surface area contributed by atoms with Crippen LogP contribution >= 0.6 is 0 Å². The Balaban J connectivity index is 1.69. The molecule has 0 bridgehead atoms. The number of amides is 3. The van der Waals surface area contributed by atoms with Crippen molar-refractivity contribution < 1.29 is 19.1 Å². The molecule has 7 nitrogen and oxygen atoms in total. The fourth-order valence-electron chi connectivity index (χ4n) is 4.57. The van der Waals surface area contributed by atoms with Crippen LogP contribution in [-0.2, 0) is 16.8 Å². The molecule has 0 radical (unpaired) electrons. The van der Waals surface area contributed by atoms with E-state index >= 15 is 0 Å². The van der Waals surface area contributed by atoms with Crippen molar-refractivity contribution in [2.75, 3.05) is 25.7 Å². The Kier molecular flexibility index (Phi) is 3.65. The maximum Gasteiger partial charge on any atom is 0.332 e. The number of anilines is 1. The minimum atomic E-state index is -1.10. The van der Waals surface area contributed by atoms with E-state index in [4.69, 9.17) is 9.47 Å². The zero-order valence-electron chi connectivity index (χ0n) is 16.5. The topological polar surface area (TPSA) is 74.9 Å². The fourth-order valence-corrected chi connectivity index (χ4v) is 4.57. The SMILES string of the molecule is COc1ccc2[nH]c3c(c2c1)CCN1C(=O)N(c2ccccc2OC)C(=O)C31C. The Bertz CT molecular complexity index is 1170. The Labute approximate surface area is 167 Å². The molecule has 3 aromatic rings. The van der Waals surface area contributed by atoms with Crippen molar-refractivity contribution in [2.24, 2.45) is 0 Å². The van der Waals surface area contributed by atoms with E-state index in [-0.39, 0.29) is 11.9 Å². The lowest BCUT2D eigenvalue weighted by atomic mass is 9.87. The van der Waals surface area contributed by atoms with Gasteiger partial charge in [-0.25, -0.2) is 9.69 Å². The van der Waals surface area contributed by atoms with E-state index in [9.17, 15) is 9.59 Å². The largest absolute Gasteiger partial charge is 0.497 e. The summed E-state index contributed by atoms with van der Waals surface area (Å²) in [7, 11) is 3.16. The molecule has 0 saturated carbocycles. The summed E-state index contributed by atoms with van der Waals surface area (Å²) in [6, 6.07) is 12.5. The zero-order chi connectivity index (χ0) is 20.3. The summed E-state index contributed by atoms with van der Waals surface area (Å²) in [4.78, 5) is 33.2. The van der Waals surface area contributed by atoms with Gasteiger partial charge in [-0.2, -0.15) is 0 Å². The van der Waals surface area contributed by atoms with Crippen LogP contribution in [0.25, 0.3) is 10.9 Å². The second kappa shape index (κ2) is 6.01. The van der Waals surface area contributed by atoms with E-state index in [0.29, 0.717) is 24.4 Å². The second-order valence-corrected chi connectivity index (χ2v) is 7.46. The number of hydrogen-bond donors (Lipinski definition) is 1. The summed E-state index contributed by atoms with van der Waals surface area (Å²) in [5, 5.41) is 1.02. The lowest BCUT2D eigenvalue weighted by Gasteiger charge is -2.35. The van der Waals surface area contributed by atoms with Crippen molar-refractivity contribution >= 4 is 28.5 Å². The van der Waals surface area contributed by atoms with E-state index in [1.165, 1.54) is 12.0 Å². The summed E-state index contributed by atoms with van der Waals surface area (Å²) in [6.07, 6.45) is 0.664. The van der Waals surface area contributed by atoms with Gasteiger partial charge in [-0.15, -0.1) is 0 Å². The van der Waals surface area contributed by atoms with E-state index in [1.54, 1.807) is 30.2 Å². The van der Waals surface area contributed by atoms with Gasteiger partial charge in [-0.3, -0.25) is 4.79 Å². The van der Waals surface area contributed by atoms with Gasteiger partial charge in [0, 0.05) is 17.4 Å². The number of aromatic nitrogens is 1. The highest BCUT2D eigenvalue weighted by Gasteiger charge is 2.59. The number of aromatic amines is 1. The van der Waals surface area contributed by atoms with Crippen molar-refractivity contribution in [1.82, 2.24) is 9.88 Å². The number of fused-ring (bicyclic) bond motifs is 5. The van der Waals surface area contributed by atoms with Crippen LogP contribution in [0.2, 0.25) is 0 Å². The van der Waals surface area contributed by atoms with Gasteiger partial charge in [0.15, 0.2) is 5.54 Å². The van der Waals surface area contributed by atoms with Crippen LogP contribution in [0, 0.1) is 0 Å². The molecule has 1 aromatic heterocycles. The van der Waals surface area contributed by atoms with Crippen LogP contribution in [0.5, 0.6) is 11.5 Å². The molecule has 5 rings (SSSR count). The number of ether oxygens (including phenoxy) is 2. The first-order chi connectivity index (χ1) is 14.0. The van der Waals surface area contributed by atoms with E-state index < -0.39 is 5.54 Å². The van der Waals surface area contributed by atoms with Crippen LogP contribution in [0.1, 0.15) is 18.2 Å². The molecule has 1 fully saturated rings. The maximum atomic E-state index is 13.7. The number of carbonyl (C=O) groups excluding carboxylic acids is 2. The van der Waals surface area contributed by atoms with E-state index in [2.05, 4.69) is 4.98 Å². The number of para-hydroxylation sites is 2. The third-order valence-electron chi connectivity index (χ3n) is 6.09. The molecule has 2 aliphatic rings. The molecule has 1 unspecified atom stereocenters. The monoisotopic (exact) mass is 391 g/mol. The zero-order valence-corrected chi connectivity index (χ0v) is 16.5. The van der Waals surface area contributed by atoms with E-state index in [0.717, 1.165) is 27.9 Å². The molecule has 29 heavy (non-hydrogen) atoms. The average Bonchev–Trinajstić information content (AvgIpc) is 3.21. The van der Waals surface area contributed by atoms with Gasteiger partial charge in [0.05, 0.1) is 25.6 Å². The van der Waals surface area contributed by atoms with Gasteiger partial charge in [-0.05, 0) is 49.2 Å². The van der Waals surface area contributed by atoms with Crippen molar-refractivity contribution in [1.29, 1.82) is 0 Å². The van der Waals surface area contributed by atoms with Gasteiger partial charge < -0.3 is 19.4 Å². The number of nitrogens with one attached hydrogen (secondary N) is 1. The predicted molar refractivity (Wildman–Crippen MR) is 108 cm³/mol.